The van der Waals surface area contributed by atoms with Crippen molar-refractivity contribution in [1.82, 2.24) is 0 Å². The first-order valence-corrected chi connectivity index (χ1v) is 7.96. The summed E-state index contributed by atoms with van der Waals surface area (Å²) in [5.74, 6) is -0.819. The first kappa shape index (κ1) is 20.0. The third kappa shape index (κ3) is 5.57. The molecule has 0 heterocycles. The van der Waals surface area contributed by atoms with Crippen molar-refractivity contribution in [1.29, 1.82) is 5.26 Å². The van der Waals surface area contributed by atoms with Crippen molar-refractivity contribution in [2.24, 2.45) is 0 Å². The van der Waals surface area contributed by atoms with Gasteiger partial charge in [0.25, 0.3) is 0 Å². The molecule has 0 saturated heterocycles. The molecule has 0 radical (unpaired) electrons. The molecule has 0 aromatic heterocycles. The second-order valence-corrected chi connectivity index (χ2v) is 5.71. The number of alkyl halides is 3. The van der Waals surface area contributed by atoms with Gasteiger partial charge in [-0.25, -0.2) is 0 Å². The van der Waals surface area contributed by atoms with Crippen LogP contribution in [0, 0.1) is 11.3 Å². The predicted octanol–water partition coefficient (Wildman–Crippen LogP) is 3.96. The SMILES string of the molecule is CC(=O)N(CCC(=O)Nc1cccc(C(F)(F)F)c1)c1ccc(C#N)cc1. The average Bonchev–Trinajstić information content (AvgIpc) is 2.61. The molecule has 0 aliphatic heterocycles. The van der Waals surface area contributed by atoms with Gasteiger partial charge >= 0.3 is 6.18 Å². The van der Waals surface area contributed by atoms with Crippen LogP contribution in [0.1, 0.15) is 24.5 Å². The number of hydrogen-bond donors (Lipinski definition) is 1. The molecule has 2 aromatic carbocycles. The molecule has 0 spiro atoms. The van der Waals surface area contributed by atoms with Crippen molar-refractivity contribution in [3.8, 4) is 6.07 Å². The molecule has 1 N–H and O–H groups in total. The van der Waals surface area contributed by atoms with Gasteiger partial charge in [0.15, 0.2) is 0 Å². The van der Waals surface area contributed by atoms with Gasteiger partial charge in [0, 0.05) is 31.3 Å². The lowest BCUT2D eigenvalue weighted by Crippen LogP contribution is -2.31. The molecule has 0 bridgehead atoms. The van der Waals surface area contributed by atoms with Gasteiger partial charge in [0.1, 0.15) is 0 Å². The van der Waals surface area contributed by atoms with Gasteiger partial charge in [0.05, 0.1) is 17.2 Å². The predicted molar refractivity (Wildman–Crippen MR) is 93.9 cm³/mol. The number of amides is 2. The van der Waals surface area contributed by atoms with Gasteiger partial charge in [-0.15, -0.1) is 0 Å². The van der Waals surface area contributed by atoms with E-state index < -0.39 is 17.6 Å². The summed E-state index contributed by atoms with van der Waals surface area (Å²) in [5, 5.41) is 11.2. The number of halogens is 3. The lowest BCUT2D eigenvalue weighted by Gasteiger charge is -2.21. The molecule has 5 nitrogen and oxygen atoms in total. The molecule has 2 aromatic rings. The van der Waals surface area contributed by atoms with Gasteiger partial charge in [-0.3, -0.25) is 9.59 Å². The minimum Gasteiger partial charge on any atom is -0.326 e. The summed E-state index contributed by atoms with van der Waals surface area (Å²) in [6.45, 7) is 1.38. The Balaban J connectivity index is 2.02. The zero-order chi connectivity index (χ0) is 20.0. The lowest BCUT2D eigenvalue weighted by molar-refractivity contribution is -0.137. The number of nitriles is 1. The molecule has 2 amide bonds. The largest absolute Gasteiger partial charge is 0.416 e. The van der Waals surface area contributed by atoms with Crippen molar-refractivity contribution in [3.05, 3.63) is 59.7 Å². The topological polar surface area (TPSA) is 73.2 Å². The minimum absolute atomic E-state index is 0.0302. The van der Waals surface area contributed by atoms with E-state index in [9.17, 15) is 22.8 Å². The molecular formula is C19H16F3N3O2. The van der Waals surface area contributed by atoms with E-state index in [1.165, 1.54) is 24.0 Å². The normalized spacial score (nSPS) is 10.8. The number of hydrogen-bond acceptors (Lipinski definition) is 3. The van der Waals surface area contributed by atoms with Crippen molar-refractivity contribution in [3.63, 3.8) is 0 Å². The van der Waals surface area contributed by atoms with Crippen LogP contribution in [0.2, 0.25) is 0 Å². The number of nitrogens with one attached hydrogen (secondary N) is 1. The molecule has 0 aliphatic rings. The van der Waals surface area contributed by atoms with Crippen LogP contribution in [0.4, 0.5) is 24.5 Å². The molecule has 0 saturated carbocycles. The van der Waals surface area contributed by atoms with E-state index in [1.807, 2.05) is 6.07 Å². The molecule has 2 rings (SSSR count). The standard InChI is InChI=1S/C19H16F3N3O2/c1-13(26)25(17-7-5-14(12-23)6-8-17)10-9-18(27)24-16-4-2-3-15(11-16)19(20,21)22/h2-8,11H,9-10H2,1H3,(H,24,27). The lowest BCUT2D eigenvalue weighted by atomic mass is 10.2. The van der Waals surface area contributed by atoms with Crippen LogP contribution in [-0.4, -0.2) is 18.4 Å². The van der Waals surface area contributed by atoms with E-state index >= 15 is 0 Å². The van der Waals surface area contributed by atoms with Crippen LogP contribution in [0.25, 0.3) is 0 Å². The highest BCUT2D eigenvalue weighted by Crippen LogP contribution is 2.30. The second-order valence-electron chi connectivity index (χ2n) is 5.71. The molecule has 0 fully saturated rings. The van der Waals surface area contributed by atoms with E-state index in [0.717, 1.165) is 12.1 Å². The number of benzene rings is 2. The van der Waals surface area contributed by atoms with Gasteiger partial charge < -0.3 is 10.2 Å². The highest BCUT2D eigenvalue weighted by Gasteiger charge is 2.30. The summed E-state index contributed by atoms with van der Waals surface area (Å²) in [4.78, 5) is 25.2. The Hall–Kier alpha value is -3.34. The Labute approximate surface area is 154 Å². The Morgan fingerprint density at radius 2 is 1.81 bits per heavy atom. The van der Waals surface area contributed by atoms with E-state index in [0.29, 0.717) is 11.3 Å². The Morgan fingerprint density at radius 1 is 1.15 bits per heavy atom. The summed E-state index contributed by atoms with van der Waals surface area (Å²) in [5.41, 5.74) is 0.128. The van der Waals surface area contributed by atoms with Crippen LogP contribution in [0.3, 0.4) is 0 Å². The summed E-state index contributed by atoms with van der Waals surface area (Å²) < 4.78 is 38.1. The van der Waals surface area contributed by atoms with E-state index in [1.54, 1.807) is 24.3 Å². The highest BCUT2D eigenvalue weighted by molar-refractivity contribution is 5.94. The van der Waals surface area contributed by atoms with Crippen LogP contribution < -0.4 is 10.2 Å². The summed E-state index contributed by atoms with van der Waals surface area (Å²) in [7, 11) is 0. The maximum atomic E-state index is 12.7. The van der Waals surface area contributed by atoms with Crippen LogP contribution >= 0.6 is 0 Å². The van der Waals surface area contributed by atoms with Gasteiger partial charge in [-0.2, -0.15) is 18.4 Å². The maximum Gasteiger partial charge on any atom is 0.416 e. The second kappa shape index (κ2) is 8.36. The molecule has 27 heavy (non-hydrogen) atoms. The summed E-state index contributed by atoms with van der Waals surface area (Å²) in [6.07, 6.45) is -4.60. The van der Waals surface area contributed by atoms with Crippen LogP contribution in [0.15, 0.2) is 48.5 Å². The number of carbonyl (C=O) groups excluding carboxylic acids is 2. The number of nitrogens with zero attached hydrogens (tertiary/aromatic N) is 2. The Kier molecular flexibility index (Phi) is 6.19. The van der Waals surface area contributed by atoms with Gasteiger partial charge in [-0.05, 0) is 42.5 Å². The maximum absolute atomic E-state index is 12.7. The van der Waals surface area contributed by atoms with Gasteiger partial charge in [0.2, 0.25) is 11.8 Å². The Bertz CT molecular complexity index is 871. The minimum atomic E-state index is -4.50. The van der Waals surface area contributed by atoms with Crippen LogP contribution in [-0.2, 0) is 15.8 Å². The highest BCUT2D eigenvalue weighted by atomic mass is 19.4. The first-order chi connectivity index (χ1) is 12.7. The number of carbonyl (C=O) groups is 2. The number of rotatable bonds is 5. The molecule has 0 unspecified atom stereocenters. The quantitative estimate of drug-likeness (QED) is 0.860. The summed E-state index contributed by atoms with van der Waals surface area (Å²) in [6, 6.07) is 12.6. The van der Waals surface area contributed by atoms with Crippen molar-refractivity contribution in [2.75, 3.05) is 16.8 Å². The monoisotopic (exact) mass is 375 g/mol. The fourth-order valence-electron chi connectivity index (χ4n) is 2.39. The fraction of sp³-hybridized carbons (Fsp3) is 0.211. The fourth-order valence-corrected chi connectivity index (χ4v) is 2.39. The van der Waals surface area contributed by atoms with E-state index in [4.69, 9.17) is 5.26 Å². The molecule has 140 valence electrons. The third-order valence-electron chi connectivity index (χ3n) is 3.72. The van der Waals surface area contributed by atoms with Crippen molar-refractivity contribution in [2.45, 2.75) is 19.5 Å². The van der Waals surface area contributed by atoms with E-state index in [-0.39, 0.29) is 24.6 Å². The van der Waals surface area contributed by atoms with Crippen LogP contribution in [0.5, 0.6) is 0 Å². The molecule has 8 heteroatoms. The zero-order valence-corrected chi connectivity index (χ0v) is 14.4. The van der Waals surface area contributed by atoms with E-state index in [2.05, 4.69) is 5.32 Å². The van der Waals surface area contributed by atoms with Gasteiger partial charge in [-0.1, -0.05) is 6.07 Å². The third-order valence-corrected chi connectivity index (χ3v) is 3.72. The molecule has 0 aliphatic carbocycles. The molecular weight excluding hydrogens is 359 g/mol. The zero-order valence-electron chi connectivity index (χ0n) is 14.4. The first-order valence-electron chi connectivity index (χ1n) is 7.96. The number of anilines is 2. The Morgan fingerprint density at radius 3 is 2.37 bits per heavy atom. The summed E-state index contributed by atoms with van der Waals surface area (Å²) >= 11 is 0. The average molecular weight is 375 g/mol. The molecule has 0 atom stereocenters. The smallest absolute Gasteiger partial charge is 0.326 e. The van der Waals surface area contributed by atoms with Crippen molar-refractivity contribution >= 4 is 23.2 Å². The van der Waals surface area contributed by atoms with Crippen molar-refractivity contribution < 1.29 is 22.8 Å².